The number of hydrogen-bond acceptors (Lipinski definition) is 5. The Balaban J connectivity index is 1.50. The van der Waals surface area contributed by atoms with Gasteiger partial charge in [-0.2, -0.15) is 0 Å². The second-order valence-electron chi connectivity index (χ2n) is 9.28. The van der Waals surface area contributed by atoms with E-state index in [2.05, 4.69) is 14.5 Å². The third-order valence-electron chi connectivity index (χ3n) is 6.70. The molecule has 178 valence electrons. The molecule has 2 saturated heterocycles. The Hall–Kier alpha value is -2.58. The van der Waals surface area contributed by atoms with Gasteiger partial charge in [0.25, 0.3) is 10.0 Å². The van der Waals surface area contributed by atoms with Crippen molar-refractivity contribution in [1.29, 1.82) is 0 Å². The minimum Gasteiger partial charge on any atom is -0.478 e. The monoisotopic (exact) mass is 471 g/mol. The Kier molecular flexibility index (Phi) is 6.95. The van der Waals surface area contributed by atoms with Gasteiger partial charge in [0.2, 0.25) is 0 Å². The number of carboxylic acids is 1. The highest BCUT2D eigenvalue weighted by Gasteiger charge is 2.28. The van der Waals surface area contributed by atoms with Gasteiger partial charge in [-0.05, 0) is 94.1 Å². The van der Waals surface area contributed by atoms with E-state index >= 15 is 0 Å². The van der Waals surface area contributed by atoms with Gasteiger partial charge in [0.15, 0.2) is 0 Å². The van der Waals surface area contributed by atoms with Crippen molar-refractivity contribution in [2.24, 2.45) is 0 Å². The quantitative estimate of drug-likeness (QED) is 0.654. The molecule has 0 radical (unpaired) electrons. The van der Waals surface area contributed by atoms with Gasteiger partial charge < -0.3 is 14.9 Å². The Labute approximate surface area is 196 Å². The molecule has 0 spiro atoms. The molecule has 2 fully saturated rings. The molecule has 2 aliphatic heterocycles. The largest absolute Gasteiger partial charge is 0.478 e. The van der Waals surface area contributed by atoms with Crippen molar-refractivity contribution in [2.45, 2.75) is 56.9 Å². The maximum atomic E-state index is 12.9. The summed E-state index contributed by atoms with van der Waals surface area (Å²) in [5.41, 5.74) is 2.72. The Morgan fingerprint density at radius 2 is 1.58 bits per heavy atom. The van der Waals surface area contributed by atoms with Gasteiger partial charge in [-0.25, -0.2) is 13.2 Å². The van der Waals surface area contributed by atoms with Crippen LogP contribution >= 0.6 is 0 Å². The van der Waals surface area contributed by atoms with Gasteiger partial charge in [-0.15, -0.1) is 0 Å². The van der Waals surface area contributed by atoms with Gasteiger partial charge in [-0.1, -0.05) is 12.5 Å². The van der Waals surface area contributed by atoms with Crippen molar-refractivity contribution in [2.75, 3.05) is 35.8 Å². The molecule has 0 aliphatic carbocycles. The highest BCUT2D eigenvalue weighted by atomic mass is 32.2. The molecule has 2 aromatic carbocycles. The number of aromatic carboxylic acids is 1. The number of likely N-dealkylation sites (tertiary alicyclic amines) is 1. The summed E-state index contributed by atoms with van der Waals surface area (Å²) in [7, 11) is -3.82. The molecule has 4 rings (SSSR count). The lowest BCUT2D eigenvalue weighted by atomic mass is 9.98. The summed E-state index contributed by atoms with van der Waals surface area (Å²) in [5, 5.41) is 9.85. The maximum absolute atomic E-state index is 12.9. The number of rotatable bonds is 6. The summed E-state index contributed by atoms with van der Waals surface area (Å²) in [6, 6.07) is 10.5. The fourth-order valence-electron chi connectivity index (χ4n) is 5.10. The van der Waals surface area contributed by atoms with E-state index in [1.54, 1.807) is 24.3 Å². The van der Waals surface area contributed by atoms with Crippen LogP contribution in [0.3, 0.4) is 0 Å². The number of nitrogens with zero attached hydrogens (tertiary/aromatic N) is 2. The fourth-order valence-corrected chi connectivity index (χ4v) is 6.34. The number of carboxylic acid groups (broad SMARTS) is 1. The van der Waals surface area contributed by atoms with Crippen LogP contribution in [0.5, 0.6) is 0 Å². The number of anilines is 2. The summed E-state index contributed by atoms with van der Waals surface area (Å²) >= 11 is 0. The van der Waals surface area contributed by atoms with Gasteiger partial charge in [-0.3, -0.25) is 4.72 Å². The molecule has 0 bridgehead atoms. The number of hydrogen-bond donors (Lipinski definition) is 2. The Morgan fingerprint density at radius 1 is 0.939 bits per heavy atom. The molecule has 2 N–H and O–H groups in total. The van der Waals surface area contributed by atoms with Gasteiger partial charge in [0.05, 0.1) is 16.1 Å². The van der Waals surface area contributed by atoms with E-state index in [4.69, 9.17) is 0 Å². The van der Waals surface area contributed by atoms with Crippen LogP contribution in [0.2, 0.25) is 0 Å². The van der Waals surface area contributed by atoms with Gasteiger partial charge >= 0.3 is 5.97 Å². The lowest BCUT2D eigenvalue weighted by molar-refractivity contribution is 0.0697. The second kappa shape index (κ2) is 9.73. The summed E-state index contributed by atoms with van der Waals surface area (Å²) < 4.78 is 28.3. The third-order valence-corrected chi connectivity index (χ3v) is 8.06. The van der Waals surface area contributed by atoms with Crippen LogP contribution in [-0.2, 0) is 10.0 Å². The van der Waals surface area contributed by atoms with Crippen LogP contribution in [0.4, 0.5) is 11.4 Å². The average Bonchev–Trinajstić information content (AvgIpc) is 2.79. The van der Waals surface area contributed by atoms with Gasteiger partial charge in [0, 0.05) is 24.8 Å². The number of aryl methyl sites for hydroxylation is 2. The Bertz CT molecular complexity index is 1100. The van der Waals surface area contributed by atoms with Crippen molar-refractivity contribution < 1.29 is 18.3 Å². The van der Waals surface area contributed by atoms with E-state index in [0.29, 0.717) is 11.7 Å². The third kappa shape index (κ3) is 5.50. The molecule has 2 aliphatic rings. The zero-order valence-electron chi connectivity index (χ0n) is 19.4. The van der Waals surface area contributed by atoms with E-state index in [-0.39, 0.29) is 16.1 Å². The smallest absolute Gasteiger partial charge is 0.337 e. The predicted octanol–water partition coefficient (Wildman–Crippen LogP) is 4.26. The highest BCUT2D eigenvalue weighted by molar-refractivity contribution is 7.92. The second-order valence-corrected chi connectivity index (χ2v) is 11.0. The molecule has 0 aromatic heterocycles. The van der Waals surface area contributed by atoms with Crippen molar-refractivity contribution in [3.8, 4) is 0 Å². The normalized spacial score (nSPS) is 18.3. The van der Waals surface area contributed by atoms with Crippen molar-refractivity contribution in [1.82, 2.24) is 4.90 Å². The topological polar surface area (TPSA) is 90.0 Å². The lowest BCUT2D eigenvalue weighted by Gasteiger charge is -2.41. The molecular weight excluding hydrogens is 438 g/mol. The van der Waals surface area contributed by atoms with Crippen LogP contribution in [0.25, 0.3) is 0 Å². The van der Waals surface area contributed by atoms with Crippen molar-refractivity contribution >= 4 is 27.4 Å². The average molecular weight is 472 g/mol. The first kappa shape index (κ1) is 23.6. The molecule has 2 aromatic rings. The SMILES string of the molecule is Cc1cc(C)cc(S(=O)(=O)Nc2ccc(N3CCC(N4CCCCC4)CC3)c(C(=O)O)c2)c1. The number of benzene rings is 2. The summed E-state index contributed by atoms with van der Waals surface area (Å²) in [6.45, 7) is 7.63. The van der Waals surface area contributed by atoms with E-state index in [1.807, 2.05) is 19.9 Å². The summed E-state index contributed by atoms with van der Waals surface area (Å²) in [4.78, 5) is 16.9. The fraction of sp³-hybridized carbons (Fsp3) is 0.480. The van der Waals surface area contributed by atoms with Crippen molar-refractivity contribution in [3.05, 3.63) is 53.1 Å². The van der Waals surface area contributed by atoms with E-state index in [9.17, 15) is 18.3 Å². The van der Waals surface area contributed by atoms with Crippen molar-refractivity contribution in [3.63, 3.8) is 0 Å². The van der Waals surface area contributed by atoms with Crippen LogP contribution in [0.1, 0.15) is 53.6 Å². The van der Waals surface area contributed by atoms with E-state index in [0.717, 1.165) is 37.1 Å². The highest BCUT2D eigenvalue weighted by Crippen LogP contribution is 2.30. The molecule has 8 heteroatoms. The molecule has 0 saturated carbocycles. The standard InChI is InChI=1S/C25H33N3O4S/c1-18-14-19(2)16-22(15-18)33(31,32)26-20-6-7-24(23(17-20)25(29)30)28-12-8-21(9-13-28)27-10-4-3-5-11-27/h6-7,14-17,21,26H,3-5,8-13H2,1-2H3,(H,29,30). The molecule has 7 nitrogen and oxygen atoms in total. The predicted molar refractivity (Wildman–Crippen MR) is 131 cm³/mol. The number of piperidine rings is 2. The molecule has 33 heavy (non-hydrogen) atoms. The first-order valence-electron chi connectivity index (χ1n) is 11.7. The molecule has 0 atom stereocenters. The lowest BCUT2D eigenvalue weighted by Crippen LogP contribution is -2.47. The number of carbonyl (C=O) groups is 1. The molecular formula is C25H33N3O4S. The van der Waals surface area contributed by atoms with Crippen LogP contribution in [0, 0.1) is 13.8 Å². The maximum Gasteiger partial charge on any atom is 0.337 e. The molecule has 0 unspecified atom stereocenters. The van der Waals surface area contributed by atoms with Gasteiger partial charge in [0.1, 0.15) is 0 Å². The molecule has 2 heterocycles. The summed E-state index contributed by atoms with van der Waals surface area (Å²) in [6.07, 6.45) is 5.88. The zero-order valence-corrected chi connectivity index (χ0v) is 20.2. The van der Waals surface area contributed by atoms with E-state index < -0.39 is 16.0 Å². The minimum atomic E-state index is -3.82. The first-order valence-corrected chi connectivity index (χ1v) is 13.2. The van der Waals surface area contributed by atoms with Crippen LogP contribution in [-0.4, -0.2) is 56.6 Å². The minimum absolute atomic E-state index is 0.118. The van der Waals surface area contributed by atoms with E-state index in [1.165, 1.54) is 38.4 Å². The number of nitrogens with one attached hydrogen (secondary N) is 1. The molecule has 0 amide bonds. The first-order chi connectivity index (χ1) is 15.7. The van der Waals surface area contributed by atoms with Crippen LogP contribution in [0.15, 0.2) is 41.3 Å². The Morgan fingerprint density at radius 3 is 2.18 bits per heavy atom. The number of sulfonamides is 1. The summed E-state index contributed by atoms with van der Waals surface area (Å²) in [5.74, 6) is -1.06. The zero-order chi connectivity index (χ0) is 23.6. The van der Waals surface area contributed by atoms with Crippen LogP contribution < -0.4 is 9.62 Å².